The summed E-state index contributed by atoms with van der Waals surface area (Å²) in [5.74, 6) is -1.10. The molecule has 3 aromatic carbocycles. The summed E-state index contributed by atoms with van der Waals surface area (Å²) in [4.78, 5) is 36.6. The molecule has 2 N–H and O–H groups in total. The third-order valence-electron chi connectivity index (χ3n) is 4.52. The lowest BCUT2D eigenvalue weighted by atomic mass is 10.1. The number of carbonyl (C=O) groups is 3. The van der Waals surface area contributed by atoms with Crippen LogP contribution in [-0.4, -0.2) is 36.5 Å². The molecule has 3 aromatic rings. The third-order valence-corrected chi connectivity index (χ3v) is 4.52. The van der Waals surface area contributed by atoms with E-state index in [1.165, 1.54) is 13.8 Å². The fourth-order valence-corrected chi connectivity index (χ4v) is 2.85. The quantitative estimate of drug-likeness (QED) is 0.546. The summed E-state index contributed by atoms with van der Waals surface area (Å²) in [5, 5.41) is 7.27. The van der Waals surface area contributed by atoms with Gasteiger partial charge in [0.05, 0.1) is 0 Å². The van der Waals surface area contributed by atoms with Crippen LogP contribution in [0.2, 0.25) is 0 Å². The fraction of sp³-hybridized carbons (Fsp3) is 0.208. The van der Waals surface area contributed by atoms with Crippen LogP contribution < -0.4 is 15.4 Å². The number of anilines is 1. The van der Waals surface area contributed by atoms with Gasteiger partial charge in [0.15, 0.2) is 12.7 Å². The molecule has 3 rings (SSSR count). The first-order valence-electron chi connectivity index (χ1n) is 9.90. The summed E-state index contributed by atoms with van der Waals surface area (Å²) >= 11 is 0. The molecule has 7 heteroatoms. The number of ether oxygens (including phenoxy) is 2. The van der Waals surface area contributed by atoms with Gasteiger partial charge in [0.25, 0.3) is 11.8 Å². The lowest BCUT2D eigenvalue weighted by molar-refractivity contribution is -0.155. The fourth-order valence-electron chi connectivity index (χ4n) is 2.85. The van der Waals surface area contributed by atoms with Gasteiger partial charge >= 0.3 is 5.97 Å². The molecule has 31 heavy (non-hydrogen) atoms. The smallest absolute Gasteiger partial charge is 0.329 e. The van der Waals surface area contributed by atoms with E-state index < -0.39 is 29.9 Å². The van der Waals surface area contributed by atoms with E-state index in [1.54, 1.807) is 30.3 Å². The summed E-state index contributed by atoms with van der Waals surface area (Å²) in [6, 6.07) is 21.2. The molecule has 0 radical (unpaired) electrons. The number of hydrogen-bond acceptors (Lipinski definition) is 5. The molecule has 0 unspecified atom stereocenters. The van der Waals surface area contributed by atoms with Crippen molar-refractivity contribution in [3.63, 3.8) is 0 Å². The average molecular weight is 420 g/mol. The van der Waals surface area contributed by atoms with E-state index in [-0.39, 0.29) is 6.61 Å². The molecular formula is C24H24N2O5. The van der Waals surface area contributed by atoms with Gasteiger partial charge in [0.2, 0.25) is 0 Å². The van der Waals surface area contributed by atoms with Crippen molar-refractivity contribution in [2.45, 2.75) is 26.0 Å². The van der Waals surface area contributed by atoms with Crippen LogP contribution in [0.15, 0.2) is 72.8 Å². The van der Waals surface area contributed by atoms with Crippen LogP contribution in [0.1, 0.15) is 13.8 Å². The minimum absolute atomic E-state index is 0.236. The van der Waals surface area contributed by atoms with Crippen molar-refractivity contribution in [2.24, 2.45) is 0 Å². The Morgan fingerprint density at radius 2 is 1.55 bits per heavy atom. The normalized spacial score (nSPS) is 12.5. The minimum Gasteiger partial charge on any atom is -0.484 e. The van der Waals surface area contributed by atoms with E-state index in [0.717, 1.165) is 10.8 Å². The lowest BCUT2D eigenvalue weighted by Crippen LogP contribution is -2.44. The molecule has 0 spiro atoms. The van der Waals surface area contributed by atoms with Crippen LogP contribution in [0.5, 0.6) is 5.75 Å². The first-order valence-corrected chi connectivity index (χ1v) is 9.90. The molecule has 0 aliphatic carbocycles. The number of hydrogen-bond donors (Lipinski definition) is 2. The Kier molecular flexibility index (Phi) is 7.22. The molecule has 0 heterocycles. The first-order chi connectivity index (χ1) is 14.9. The van der Waals surface area contributed by atoms with Crippen molar-refractivity contribution in [1.29, 1.82) is 0 Å². The molecule has 7 nitrogen and oxygen atoms in total. The van der Waals surface area contributed by atoms with E-state index in [2.05, 4.69) is 10.6 Å². The maximum Gasteiger partial charge on any atom is 0.329 e. The second kappa shape index (κ2) is 10.2. The van der Waals surface area contributed by atoms with Gasteiger partial charge in [-0.15, -0.1) is 0 Å². The second-order valence-electron chi connectivity index (χ2n) is 7.02. The maximum absolute atomic E-state index is 12.4. The highest BCUT2D eigenvalue weighted by Gasteiger charge is 2.23. The van der Waals surface area contributed by atoms with E-state index in [0.29, 0.717) is 11.4 Å². The van der Waals surface area contributed by atoms with Crippen LogP contribution in [0, 0.1) is 0 Å². The molecule has 0 aliphatic rings. The summed E-state index contributed by atoms with van der Waals surface area (Å²) in [6.07, 6.45) is -1.03. The highest BCUT2D eigenvalue weighted by Crippen LogP contribution is 2.19. The zero-order chi connectivity index (χ0) is 22.2. The Morgan fingerprint density at radius 1 is 0.871 bits per heavy atom. The topological polar surface area (TPSA) is 93.7 Å². The van der Waals surface area contributed by atoms with Crippen molar-refractivity contribution in [3.8, 4) is 5.75 Å². The van der Waals surface area contributed by atoms with Gasteiger partial charge in [0.1, 0.15) is 11.8 Å². The van der Waals surface area contributed by atoms with E-state index in [9.17, 15) is 14.4 Å². The number of nitrogens with one attached hydrogen (secondary N) is 2. The molecular weight excluding hydrogens is 396 g/mol. The van der Waals surface area contributed by atoms with Gasteiger partial charge in [0, 0.05) is 5.69 Å². The predicted octanol–water partition coefficient (Wildman–Crippen LogP) is 3.29. The van der Waals surface area contributed by atoms with Crippen molar-refractivity contribution >= 4 is 34.2 Å². The van der Waals surface area contributed by atoms with Gasteiger partial charge in [-0.25, -0.2) is 4.79 Å². The lowest BCUT2D eigenvalue weighted by Gasteiger charge is -2.18. The van der Waals surface area contributed by atoms with Gasteiger partial charge in [-0.3, -0.25) is 9.59 Å². The molecule has 2 amide bonds. The van der Waals surface area contributed by atoms with Crippen LogP contribution >= 0.6 is 0 Å². The second-order valence-corrected chi connectivity index (χ2v) is 7.02. The molecule has 160 valence electrons. The number of rotatable bonds is 8. The number of esters is 1. The Hall–Kier alpha value is -3.87. The van der Waals surface area contributed by atoms with E-state index >= 15 is 0 Å². The largest absolute Gasteiger partial charge is 0.484 e. The summed E-state index contributed by atoms with van der Waals surface area (Å²) in [5.41, 5.74) is 0.603. The zero-order valence-electron chi connectivity index (χ0n) is 17.3. The molecule has 2 atom stereocenters. The third kappa shape index (κ3) is 6.30. The molecule has 0 bridgehead atoms. The Balaban J connectivity index is 1.46. The monoisotopic (exact) mass is 420 g/mol. The average Bonchev–Trinajstić information content (AvgIpc) is 2.78. The highest BCUT2D eigenvalue weighted by atomic mass is 16.5. The van der Waals surface area contributed by atoms with Crippen LogP contribution in [-0.2, 0) is 19.1 Å². The minimum atomic E-state index is -1.03. The maximum atomic E-state index is 12.4. The SMILES string of the molecule is C[C@H](NC(=O)COc1ccccc1)C(=O)O[C@H](C)C(=O)Nc1ccc2ccccc2c1. The van der Waals surface area contributed by atoms with Gasteiger partial charge in [-0.05, 0) is 48.9 Å². The van der Waals surface area contributed by atoms with Crippen molar-refractivity contribution in [3.05, 3.63) is 72.8 Å². The van der Waals surface area contributed by atoms with Gasteiger partial charge < -0.3 is 20.1 Å². The Labute approximate surface area is 180 Å². The van der Waals surface area contributed by atoms with Crippen molar-refractivity contribution in [1.82, 2.24) is 5.32 Å². The highest BCUT2D eigenvalue weighted by molar-refractivity contribution is 5.97. The first kappa shape index (κ1) is 21.8. The number of benzene rings is 3. The van der Waals surface area contributed by atoms with Gasteiger partial charge in [-0.2, -0.15) is 0 Å². The summed E-state index contributed by atoms with van der Waals surface area (Å²) in [7, 11) is 0. The predicted molar refractivity (Wildman–Crippen MR) is 118 cm³/mol. The van der Waals surface area contributed by atoms with E-state index in [4.69, 9.17) is 9.47 Å². The molecule has 0 fully saturated rings. The summed E-state index contributed by atoms with van der Waals surface area (Å²) < 4.78 is 10.5. The molecule has 0 saturated carbocycles. The zero-order valence-corrected chi connectivity index (χ0v) is 17.3. The van der Waals surface area contributed by atoms with Crippen LogP contribution in [0.25, 0.3) is 10.8 Å². The van der Waals surface area contributed by atoms with Crippen LogP contribution in [0.4, 0.5) is 5.69 Å². The molecule has 0 aromatic heterocycles. The standard InChI is InChI=1S/C24H24N2O5/c1-16(25-22(27)15-30-21-10-4-3-5-11-21)24(29)31-17(2)23(28)26-20-13-12-18-8-6-7-9-19(18)14-20/h3-14,16-17H,15H2,1-2H3,(H,25,27)(H,26,28)/t16-,17+/m0/s1. The van der Waals surface area contributed by atoms with Crippen LogP contribution in [0.3, 0.4) is 0 Å². The summed E-state index contributed by atoms with van der Waals surface area (Å²) in [6.45, 7) is 2.72. The van der Waals surface area contributed by atoms with Crippen molar-refractivity contribution < 1.29 is 23.9 Å². The molecule has 0 saturated heterocycles. The van der Waals surface area contributed by atoms with Gasteiger partial charge in [-0.1, -0.05) is 48.5 Å². The Morgan fingerprint density at radius 3 is 2.29 bits per heavy atom. The molecule has 0 aliphatic heterocycles. The Bertz CT molecular complexity index is 1070. The number of para-hydroxylation sites is 1. The number of carbonyl (C=O) groups excluding carboxylic acids is 3. The number of amides is 2. The number of fused-ring (bicyclic) bond motifs is 1. The van der Waals surface area contributed by atoms with Crippen molar-refractivity contribution in [2.75, 3.05) is 11.9 Å². The van der Waals surface area contributed by atoms with E-state index in [1.807, 2.05) is 42.5 Å².